The molecule has 0 aromatic carbocycles. The second-order valence-corrected chi connectivity index (χ2v) is 4.46. The Hall–Kier alpha value is -1.02. The fraction of sp³-hybridized carbons (Fsp3) is 0.538. The van der Waals surface area contributed by atoms with Crippen molar-refractivity contribution in [2.24, 2.45) is 0 Å². The van der Waals surface area contributed by atoms with Crippen molar-refractivity contribution < 1.29 is 4.74 Å². The molecule has 0 aromatic heterocycles. The molecule has 0 saturated carbocycles. The lowest BCUT2D eigenvalue weighted by Gasteiger charge is -2.29. The van der Waals surface area contributed by atoms with E-state index in [1.165, 1.54) is 0 Å². The van der Waals surface area contributed by atoms with Crippen molar-refractivity contribution >= 4 is 0 Å². The Morgan fingerprint density at radius 2 is 2.07 bits per heavy atom. The quantitative estimate of drug-likeness (QED) is 0.705. The van der Waals surface area contributed by atoms with Crippen molar-refractivity contribution in [1.82, 2.24) is 4.90 Å². The number of hydrogen-bond donors (Lipinski definition) is 0. The van der Waals surface area contributed by atoms with E-state index in [0.29, 0.717) is 0 Å². The van der Waals surface area contributed by atoms with Gasteiger partial charge in [0.25, 0.3) is 0 Å². The van der Waals surface area contributed by atoms with Gasteiger partial charge in [-0.15, -0.1) is 0 Å². The first-order valence-electron chi connectivity index (χ1n) is 5.41. The summed E-state index contributed by atoms with van der Waals surface area (Å²) < 4.78 is 5.93. The summed E-state index contributed by atoms with van der Waals surface area (Å²) in [6.45, 7) is 16.8. The van der Waals surface area contributed by atoms with Crippen LogP contribution >= 0.6 is 0 Å². The van der Waals surface area contributed by atoms with Crippen molar-refractivity contribution in [2.75, 3.05) is 19.6 Å². The first-order chi connectivity index (χ1) is 7.02. The van der Waals surface area contributed by atoms with Gasteiger partial charge < -0.3 is 4.74 Å². The zero-order valence-electron chi connectivity index (χ0n) is 10.0. The Kier molecular flexibility index (Phi) is 3.75. The topological polar surface area (TPSA) is 12.5 Å². The molecule has 1 heterocycles. The highest BCUT2D eigenvalue weighted by molar-refractivity contribution is 5.29. The van der Waals surface area contributed by atoms with Crippen LogP contribution in [0.15, 0.2) is 36.6 Å². The summed E-state index contributed by atoms with van der Waals surface area (Å²) in [4.78, 5) is 2.35. The molecule has 84 valence electrons. The minimum Gasteiger partial charge on any atom is -0.486 e. The minimum absolute atomic E-state index is 0.162. The Bertz CT molecular complexity index is 289. The molecule has 1 aliphatic rings. The van der Waals surface area contributed by atoms with Gasteiger partial charge in [-0.1, -0.05) is 26.2 Å². The Balaban J connectivity index is 3.03. The SMILES string of the molecule is C=CC1=C(C=C)OC(C)(C)CN(CC)C1. The summed E-state index contributed by atoms with van der Waals surface area (Å²) in [7, 11) is 0. The zero-order valence-corrected chi connectivity index (χ0v) is 10.0. The first-order valence-corrected chi connectivity index (χ1v) is 5.41. The maximum Gasteiger partial charge on any atom is 0.124 e. The maximum absolute atomic E-state index is 5.93. The number of allylic oxidation sites excluding steroid dienone is 1. The molecular formula is C13H21NO. The monoisotopic (exact) mass is 207 g/mol. The Labute approximate surface area is 92.9 Å². The minimum atomic E-state index is -0.162. The average Bonchev–Trinajstić information content (AvgIpc) is 2.33. The predicted octanol–water partition coefficient (Wildman–Crippen LogP) is 2.74. The largest absolute Gasteiger partial charge is 0.486 e. The van der Waals surface area contributed by atoms with Crippen LogP contribution in [0.5, 0.6) is 0 Å². The highest BCUT2D eigenvalue weighted by atomic mass is 16.5. The lowest BCUT2D eigenvalue weighted by atomic mass is 10.1. The molecule has 0 atom stereocenters. The van der Waals surface area contributed by atoms with Gasteiger partial charge in [-0.25, -0.2) is 0 Å². The molecule has 0 unspecified atom stereocenters. The predicted molar refractivity (Wildman–Crippen MR) is 64.7 cm³/mol. The van der Waals surface area contributed by atoms with Crippen LogP contribution in [-0.4, -0.2) is 30.1 Å². The third kappa shape index (κ3) is 2.96. The van der Waals surface area contributed by atoms with Crippen LogP contribution in [0.25, 0.3) is 0 Å². The van der Waals surface area contributed by atoms with Gasteiger partial charge in [-0.05, 0) is 26.5 Å². The number of nitrogens with zero attached hydrogens (tertiary/aromatic N) is 1. The average molecular weight is 207 g/mol. The molecule has 2 heteroatoms. The molecule has 0 fully saturated rings. The van der Waals surface area contributed by atoms with Gasteiger partial charge in [0.15, 0.2) is 0 Å². The summed E-state index contributed by atoms with van der Waals surface area (Å²) in [6, 6.07) is 0. The second kappa shape index (κ2) is 4.67. The third-order valence-corrected chi connectivity index (χ3v) is 2.58. The fourth-order valence-electron chi connectivity index (χ4n) is 1.87. The lowest BCUT2D eigenvalue weighted by Crippen LogP contribution is -2.38. The van der Waals surface area contributed by atoms with E-state index >= 15 is 0 Å². The molecular weight excluding hydrogens is 186 g/mol. The number of hydrogen-bond acceptors (Lipinski definition) is 2. The Morgan fingerprint density at radius 3 is 2.53 bits per heavy atom. The van der Waals surface area contributed by atoms with Crippen molar-refractivity contribution in [3.8, 4) is 0 Å². The smallest absolute Gasteiger partial charge is 0.124 e. The van der Waals surface area contributed by atoms with Crippen molar-refractivity contribution in [3.63, 3.8) is 0 Å². The molecule has 0 N–H and O–H groups in total. The van der Waals surface area contributed by atoms with Crippen molar-refractivity contribution in [1.29, 1.82) is 0 Å². The highest BCUT2D eigenvalue weighted by Gasteiger charge is 2.27. The van der Waals surface area contributed by atoms with Crippen molar-refractivity contribution in [3.05, 3.63) is 36.6 Å². The van der Waals surface area contributed by atoms with Crippen LogP contribution in [0, 0.1) is 0 Å². The molecule has 0 saturated heterocycles. The maximum atomic E-state index is 5.93. The second-order valence-electron chi connectivity index (χ2n) is 4.46. The van der Waals surface area contributed by atoms with Crippen LogP contribution in [0.2, 0.25) is 0 Å². The van der Waals surface area contributed by atoms with E-state index in [2.05, 4.69) is 38.8 Å². The van der Waals surface area contributed by atoms with E-state index in [-0.39, 0.29) is 5.60 Å². The molecule has 1 aliphatic heterocycles. The van der Waals surface area contributed by atoms with E-state index in [4.69, 9.17) is 4.74 Å². The summed E-state index contributed by atoms with van der Waals surface area (Å²) in [5.41, 5.74) is 0.960. The molecule has 2 nitrogen and oxygen atoms in total. The lowest BCUT2D eigenvalue weighted by molar-refractivity contribution is 0.0220. The van der Waals surface area contributed by atoms with Gasteiger partial charge in [0, 0.05) is 18.7 Å². The summed E-state index contributed by atoms with van der Waals surface area (Å²) in [5, 5.41) is 0. The van der Waals surface area contributed by atoms with Crippen LogP contribution in [-0.2, 0) is 4.74 Å². The van der Waals surface area contributed by atoms with Crippen LogP contribution in [0.3, 0.4) is 0 Å². The molecule has 0 aromatic rings. The van der Waals surface area contributed by atoms with Gasteiger partial charge in [-0.3, -0.25) is 4.90 Å². The summed E-state index contributed by atoms with van der Waals surface area (Å²) >= 11 is 0. The fourth-order valence-corrected chi connectivity index (χ4v) is 1.87. The van der Waals surface area contributed by atoms with Gasteiger partial charge in [-0.2, -0.15) is 0 Å². The standard InChI is InChI=1S/C13H21NO/c1-6-11-9-14(8-3)10-13(4,5)15-12(11)7-2/h6-7H,1-2,8-10H2,3-5H3. The molecule has 0 spiro atoms. The summed E-state index contributed by atoms with van der Waals surface area (Å²) in [6.07, 6.45) is 3.64. The van der Waals surface area contributed by atoms with Crippen LogP contribution < -0.4 is 0 Å². The van der Waals surface area contributed by atoms with Gasteiger partial charge >= 0.3 is 0 Å². The molecule has 0 amide bonds. The van der Waals surface area contributed by atoms with E-state index < -0.39 is 0 Å². The van der Waals surface area contributed by atoms with Gasteiger partial charge in [0.05, 0.1) is 0 Å². The van der Waals surface area contributed by atoms with Crippen LogP contribution in [0.4, 0.5) is 0 Å². The number of ether oxygens (including phenoxy) is 1. The van der Waals surface area contributed by atoms with Gasteiger partial charge in [0.1, 0.15) is 11.4 Å². The van der Waals surface area contributed by atoms with Crippen LogP contribution in [0.1, 0.15) is 20.8 Å². The molecule has 15 heavy (non-hydrogen) atoms. The van der Waals surface area contributed by atoms with E-state index in [1.807, 2.05) is 6.08 Å². The normalized spacial score (nSPS) is 21.8. The number of rotatable bonds is 3. The van der Waals surface area contributed by atoms with E-state index in [0.717, 1.165) is 31.0 Å². The molecule has 0 aliphatic carbocycles. The highest BCUT2D eigenvalue weighted by Crippen LogP contribution is 2.24. The van der Waals surface area contributed by atoms with Gasteiger partial charge in [0.2, 0.25) is 0 Å². The third-order valence-electron chi connectivity index (χ3n) is 2.58. The molecule has 0 bridgehead atoms. The zero-order chi connectivity index (χ0) is 11.5. The van der Waals surface area contributed by atoms with Crippen molar-refractivity contribution in [2.45, 2.75) is 26.4 Å². The Morgan fingerprint density at radius 1 is 1.40 bits per heavy atom. The number of likely N-dealkylation sites (N-methyl/N-ethyl adjacent to an activating group) is 1. The van der Waals surface area contributed by atoms with E-state index in [9.17, 15) is 0 Å². The molecule has 0 radical (unpaired) electrons. The summed E-state index contributed by atoms with van der Waals surface area (Å²) in [5.74, 6) is 0.867. The van der Waals surface area contributed by atoms with E-state index in [1.54, 1.807) is 6.08 Å². The first kappa shape index (κ1) is 12.1. The molecule has 1 rings (SSSR count).